The number of alkyl halides is 3. The van der Waals surface area contributed by atoms with E-state index in [0.717, 1.165) is 17.7 Å². The molecule has 5 nitrogen and oxygen atoms in total. The van der Waals surface area contributed by atoms with E-state index in [4.69, 9.17) is 0 Å². The van der Waals surface area contributed by atoms with Gasteiger partial charge >= 0.3 is 12.1 Å². The molecule has 1 heterocycles. The van der Waals surface area contributed by atoms with Crippen LogP contribution in [-0.2, 0) is 15.8 Å². The first-order chi connectivity index (χ1) is 15.6. The summed E-state index contributed by atoms with van der Waals surface area (Å²) in [5.41, 5.74) is 0.634. The second-order valence-corrected chi connectivity index (χ2v) is 7.59. The molecule has 0 bridgehead atoms. The summed E-state index contributed by atoms with van der Waals surface area (Å²) >= 11 is 0. The van der Waals surface area contributed by atoms with E-state index in [9.17, 15) is 27.9 Å². The van der Waals surface area contributed by atoms with Crippen LogP contribution in [0, 0.1) is 0 Å². The number of carboxylic acid groups (broad SMARTS) is 1. The molecule has 0 aliphatic carbocycles. The molecule has 0 saturated heterocycles. The van der Waals surface area contributed by atoms with E-state index in [-0.39, 0.29) is 29.0 Å². The second-order valence-electron chi connectivity index (χ2n) is 7.59. The van der Waals surface area contributed by atoms with E-state index in [1.807, 2.05) is 36.4 Å². The van der Waals surface area contributed by atoms with Gasteiger partial charge in [0.15, 0.2) is 0 Å². The Kier molecular flexibility index (Phi) is 7.06. The van der Waals surface area contributed by atoms with Crippen molar-refractivity contribution in [2.45, 2.75) is 25.9 Å². The SMILES string of the molecule is CC1=C(C(=O)O)C(c2cccc(C(F)(F)F)c2)C(C(=O)NCC=Cc2ccccc2)=C(C)N1. The molecule has 3 rings (SSSR count). The van der Waals surface area contributed by atoms with Crippen LogP contribution in [0.3, 0.4) is 0 Å². The lowest BCUT2D eigenvalue weighted by Gasteiger charge is -2.30. The van der Waals surface area contributed by atoms with Crippen LogP contribution in [-0.4, -0.2) is 23.5 Å². The Bertz CT molecular complexity index is 1150. The number of allylic oxidation sites excluding steroid dienone is 2. The van der Waals surface area contributed by atoms with Gasteiger partial charge in [0.25, 0.3) is 0 Å². The number of benzene rings is 2. The standard InChI is InChI=1S/C25H23F3N2O3/c1-15-20(23(31)29-13-7-10-17-8-4-3-5-9-17)22(21(24(32)33)16(2)30-15)18-11-6-12-19(14-18)25(26,27)28/h3-12,14,22,30H,13H2,1-2H3,(H,29,31)(H,32,33). The fourth-order valence-electron chi connectivity index (χ4n) is 3.81. The van der Waals surface area contributed by atoms with Gasteiger partial charge in [-0.15, -0.1) is 0 Å². The summed E-state index contributed by atoms with van der Waals surface area (Å²) < 4.78 is 39.9. The highest BCUT2D eigenvalue weighted by Crippen LogP contribution is 2.40. The van der Waals surface area contributed by atoms with Crippen LogP contribution in [0.4, 0.5) is 13.2 Å². The zero-order chi connectivity index (χ0) is 24.2. The number of dihydropyridines is 1. The van der Waals surface area contributed by atoms with Crippen LogP contribution in [0.5, 0.6) is 0 Å². The molecule has 172 valence electrons. The number of halogens is 3. The van der Waals surface area contributed by atoms with Crippen molar-refractivity contribution >= 4 is 18.0 Å². The van der Waals surface area contributed by atoms with E-state index in [1.54, 1.807) is 13.0 Å². The van der Waals surface area contributed by atoms with Gasteiger partial charge in [-0.25, -0.2) is 4.79 Å². The summed E-state index contributed by atoms with van der Waals surface area (Å²) in [5.74, 6) is -3.04. The summed E-state index contributed by atoms with van der Waals surface area (Å²) in [6, 6.07) is 13.8. The number of hydrogen-bond donors (Lipinski definition) is 3. The highest BCUT2D eigenvalue weighted by atomic mass is 19.4. The Morgan fingerprint density at radius 1 is 1.03 bits per heavy atom. The van der Waals surface area contributed by atoms with Gasteiger partial charge in [-0.05, 0) is 31.0 Å². The minimum Gasteiger partial charge on any atom is -0.478 e. The number of aliphatic carboxylic acids is 1. The molecule has 1 atom stereocenters. The third-order valence-electron chi connectivity index (χ3n) is 5.27. The Morgan fingerprint density at radius 3 is 2.33 bits per heavy atom. The van der Waals surface area contributed by atoms with Crippen molar-refractivity contribution in [3.63, 3.8) is 0 Å². The molecule has 0 radical (unpaired) electrons. The first kappa shape index (κ1) is 23.8. The Hall–Kier alpha value is -3.81. The normalized spacial score (nSPS) is 16.7. The first-order valence-corrected chi connectivity index (χ1v) is 10.2. The summed E-state index contributed by atoms with van der Waals surface area (Å²) in [6.07, 6.45) is -1.05. The molecule has 1 aliphatic rings. The molecular weight excluding hydrogens is 433 g/mol. The van der Waals surface area contributed by atoms with Crippen molar-refractivity contribution in [3.8, 4) is 0 Å². The van der Waals surface area contributed by atoms with Crippen molar-refractivity contribution in [1.29, 1.82) is 0 Å². The lowest BCUT2D eigenvalue weighted by molar-refractivity contribution is -0.137. The van der Waals surface area contributed by atoms with Crippen LogP contribution < -0.4 is 10.6 Å². The van der Waals surface area contributed by atoms with Crippen molar-refractivity contribution in [1.82, 2.24) is 10.6 Å². The molecule has 1 unspecified atom stereocenters. The van der Waals surface area contributed by atoms with Gasteiger partial charge in [0.2, 0.25) is 5.91 Å². The number of carbonyl (C=O) groups excluding carboxylic acids is 1. The first-order valence-electron chi connectivity index (χ1n) is 10.2. The van der Waals surface area contributed by atoms with Gasteiger partial charge < -0.3 is 15.7 Å². The Labute approximate surface area is 189 Å². The predicted molar refractivity (Wildman–Crippen MR) is 119 cm³/mol. The number of amides is 1. The zero-order valence-corrected chi connectivity index (χ0v) is 18.0. The van der Waals surface area contributed by atoms with E-state index in [2.05, 4.69) is 10.6 Å². The van der Waals surface area contributed by atoms with E-state index < -0.39 is 29.5 Å². The van der Waals surface area contributed by atoms with Crippen LogP contribution in [0.1, 0.15) is 36.5 Å². The van der Waals surface area contributed by atoms with Gasteiger partial charge in [0, 0.05) is 23.5 Å². The van der Waals surface area contributed by atoms with Gasteiger partial charge in [0.1, 0.15) is 0 Å². The average molecular weight is 456 g/mol. The lowest BCUT2D eigenvalue weighted by Crippen LogP contribution is -2.36. The molecule has 2 aromatic rings. The van der Waals surface area contributed by atoms with Gasteiger partial charge in [-0.1, -0.05) is 60.7 Å². The number of nitrogens with one attached hydrogen (secondary N) is 2. The molecule has 1 amide bonds. The monoisotopic (exact) mass is 456 g/mol. The molecule has 1 aliphatic heterocycles. The van der Waals surface area contributed by atoms with Crippen LogP contribution in [0.25, 0.3) is 6.08 Å². The zero-order valence-electron chi connectivity index (χ0n) is 18.0. The number of hydrogen-bond acceptors (Lipinski definition) is 3. The van der Waals surface area contributed by atoms with E-state index >= 15 is 0 Å². The Balaban J connectivity index is 1.94. The summed E-state index contributed by atoms with van der Waals surface area (Å²) in [6.45, 7) is 3.27. The van der Waals surface area contributed by atoms with Gasteiger partial charge in [-0.2, -0.15) is 13.2 Å². The fourth-order valence-corrected chi connectivity index (χ4v) is 3.81. The summed E-state index contributed by atoms with van der Waals surface area (Å²) in [4.78, 5) is 25.1. The third-order valence-corrected chi connectivity index (χ3v) is 5.27. The molecular formula is C25H23F3N2O3. The molecule has 2 aromatic carbocycles. The minimum absolute atomic E-state index is 0.0606. The molecule has 33 heavy (non-hydrogen) atoms. The summed E-state index contributed by atoms with van der Waals surface area (Å²) in [7, 11) is 0. The van der Waals surface area contributed by atoms with E-state index in [1.165, 1.54) is 19.1 Å². The maximum absolute atomic E-state index is 13.3. The van der Waals surface area contributed by atoms with Crippen LogP contribution in [0.2, 0.25) is 0 Å². The van der Waals surface area contributed by atoms with Crippen LogP contribution in [0.15, 0.2) is 83.2 Å². The second kappa shape index (κ2) is 9.77. The molecule has 0 spiro atoms. The third kappa shape index (κ3) is 5.52. The highest BCUT2D eigenvalue weighted by molar-refractivity contribution is 6.01. The Morgan fingerprint density at radius 2 is 1.70 bits per heavy atom. The maximum atomic E-state index is 13.3. The average Bonchev–Trinajstić information content (AvgIpc) is 2.76. The van der Waals surface area contributed by atoms with Gasteiger partial charge in [0.05, 0.1) is 17.1 Å². The maximum Gasteiger partial charge on any atom is 0.416 e. The minimum atomic E-state index is -4.60. The topological polar surface area (TPSA) is 78.4 Å². The largest absolute Gasteiger partial charge is 0.478 e. The lowest BCUT2D eigenvalue weighted by atomic mass is 9.79. The highest BCUT2D eigenvalue weighted by Gasteiger charge is 2.38. The van der Waals surface area contributed by atoms with E-state index in [0.29, 0.717) is 5.70 Å². The van der Waals surface area contributed by atoms with Crippen LogP contribution >= 0.6 is 0 Å². The van der Waals surface area contributed by atoms with Crippen molar-refractivity contribution < 1.29 is 27.9 Å². The molecule has 8 heteroatoms. The number of carboxylic acids is 1. The number of carbonyl (C=O) groups is 2. The predicted octanol–water partition coefficient (Wildman–Crippen LogP) is 4.85. The number of rotatable bonds is 6. The van der Waals surface area contributed by atoms with Crippen molar-refractivity contribution in [2.75, 3.05) is 6.54 Å². The summed E-state index contributed by atoms with van der Waals surface area (Å²) in [5, 5.41) is 15.4. The van der Waals surface area contributed by atoms with Crippen molar-refractivity contribution in [3.05, 3.63) is 99.9 Å². The molecule has 0 fully saturated rings. The van der Waals surface area contributed by atoms with Crippen molar-refractivity contribution in [2.24, 2.45) is 0 Å². The fraction of sp³-hybridized carbons (Fsp3) is 0.200. The quantitative estimate of drug-likeness (QED) is 0.581. The molecule has 0 aromatic heterocycles. The molecule has 3 N–H and O–H groups in total. The van der Waals surface area contributed by atoms with Gasteiger partial charge in [-0.3, -0.25) is 4.79 Å². The smallest absolute Gasteiger partial charge is 0.416 e. The molecule has 0 saturated carbocycles.